The van der Waals surface area contributed by atoms with Gasteiger partial charge in [0.1, 0.15) is 4.90 Å². The Balaban J connectivity index is 1.34. The highest BCUT2D eigenvalue weighted by Crippen LogP contribution is 2.27. The van der Waals surface area contributed by atoms with E-state index >= 15 is 0 Å². The molecule has 1 saturated heterocycles. The van der Waals surface area contributed by atoms with Gasteiger partial charge in [0.2, 0.25) is 10.0 Å². The van der Waals surface area contributed by atoms with Crippen LogP contribution >= 0.6 is 0 Å². The first-order chi connectivity index (χ1) is 15.0. The van der Waals surface area contributed by atoms with Crippen LogP contribution in [0.2, 0.25) is 0 Å². The number of rotatable bonds is 4. The molecule has 1 fully saturated rings. The summed E-state index contributed by atoms with van der Waals surface area (Å²) in [5, 5.41) is 4.89. The monoisotopic (exact) mass is 435 g/mol. The molecular weight excluding hydrogens is 414 g/mol. The van der Waals surface area contributed by atoms with E-state index in [2.05, 4.69) is 15.1 Å². The third-order valence-corrected chi connectivity index (χ3v) is 7.32. The van der Waals surface area contributed by atoms with Crippen LogP contribution in [0.15, 0.2) is 70.2 Å². The molecule has 0 spiro atoms. The van der Waals surface area contributed by atoms with Gasteiger partial charge in [-0.3, -0.25) is 4.98 Å². The normalized spacial score (nSPS) is 15.5. The van der Waals surface area contributed by atoms with E-state index < -0.39 is 10.0 Å². The van der Waals surface area contributed by atoms with Crippen molar-refractivity contribution in [2.45, 2.75) is 11.8 Å². The van der Waals surface area contributed by atoms with Crippen LogP contribution in [0.3, 0.4) is 0 Å². The first kappa shape index (κ1) is 19.7. The Kier molecular flexibility index (Phi) is 4.91. The highest BCUT2D eigenvalue weighted by atomic mass is 32.2. The molecule has 2 aromatic heterocycles. The summed E-state index contributed by atoms with van der Waals surface area (Å²) in [5.74, 6) is 0.918. The number of aryl methyl sites for hydroxylation is 1. The molecule has 0 atom stereocenters. The SMILES string of the molecule is Cc1cnc2c(S(=O)(=O)N3CCN(c4noc(-c5ccccc5)n4)CC3)cccc2c1. The number of hydrogen-bond acceptors (Lipinski definition) is 7. The zero-order chi connectivity index (χ0) is 21.4. The summed E-state index contributed by atoms with van der Waals surface area (Å²) < 4.78 is 33.6. The molecule has 0 unspecified atom stereocenters. The molecule has 0 amide bonds. The van der Waals surface area contributed by atoms with E-state index in [0.717, 1.165) is 16.5 Å². The highest BCUT2D eigenvalue weighted by molar-refractivity contribution is 7.89. The molecule has 1 aliphatic rings. The van der Waals surface area contributed by atoms with Crippen LogP contribution < -0.4 is 4.90 Å². The fourth-order valence-electron chi connectivity index (χ4n) is 3.76. The Labute approximate surface area is 180 Å². The van der Waals surface area contributed by atoms with Gasteiger partial charge in [-0.2, -0.15) is 9.29 Å². The number of anilines is 1. The first-order valence-electron chi connectivity index (χ1n) is 10.0. The fourth-order valence-corrected chi connectivity index (χ4v) is 5.35. The maximum absolute atomic E-state index is 13.3. The molecule has 8 nitrogen and oxygen atoms in total. The van der Waals surface area contributed by atoms with Gasteiger partial charge in [0.25, 0.3) is 11.8 Å². The average molecular weight is 436 g/mol. The number of sulfonamides is 1. The lowest BCUT2D eigenvalue weighted by molar-refractivity contribution is 0.377. The van der Waals surface area contributed by atoms with Crippen molar-refractivity contribution in [2.24, 2.45) is 0 Å². The summed E-state index contributed by atoms with van der Waals surface area (Å²) in [4.78, 5) is 11.0. The van der Waals surface area contributed by atoms with Crippen LogP contribution in [-0.2, 0) is 10.0 Å². The van der Waals surface area contributed by atoms with E-state index in [-0.39, 0.29) is 4.90 Å². The standard InChI is InChI=1S/C22H21N5O3S/c1-16-14-18-8-5-9-19(20(18)23-15-16)31(28,29)27-12-10-26(11-13-27)22-24-21(30-25-22)17-6-3-2-4-7-17/h2-9,14-15H,10-13H2,1H3. The number of fused-ring (bicyclic) bond motifs is 1. The summed E-state index contributed by atoms with van der Waals surface area (Å²) >= 11 is 0. The molecule has 0 radical (unpaired) electrons. The minimum absolute atomic E-state index is 0.240. The molecule has 5 rings (SSSR count). The maximum atomic E-state index is 13.3. The number of para-hydroxylation sites is 1. The van der Waals surface area contributed by atoms with Gasteiger partial charge in [0.05, 0.1) is 5.52 Å². The van der Waals surface area contributed by atoms with E-state index in [1.807, 2.05) is 54.3 Å². The van der Waals surface area contributed by atoms with Gasteiger partial charge < -0.3 is 9.42 Å². The molecule has 158 valence electrons. The number of nitrogens with zero attached hydrogens (tertiary/aromatic N) is 5. The van der Waals surface area contributed by atoms with Gasteiger partial charge in [0.15, 0.2) is 0 Å². The van der Waals surface area contributed by atoms with Gasteiger partial charge >= 0.3 is 0 Å². The smallest absolute Gasteiger partial charge is 0.266 e. The molecule has 4 aromatic rings. The lowest BCUT2D eigenvalue weighted by Crippen LogP contribution is -2.49. The molecule has 0 saturated carbocycles. The second kappa shape index (κ2) is 7.75. The van der Waals surface area contributed by atoms with Gasteiger partial charge in [0, 0.05) is 43.3 Å². The second-order valence-electron chi connectivity index (χ2n) is 7.50. The fraction of sp³-hybridized carbons (Fsp3) is 0.227. The molecule has 31 heavy (non-hydrogen) atoms. The summed E-state index contributed by atoms with van der Waals surface area (Å²) in [6, 6.07) is 16.8. The van der Waals surface area contributed by atoms with Crippen molar-refractivity contribution in [3.8, 4) is 11.5 Å². The largest absolute Gasteiger partial charge is 0.336 e. The highest BCUT2D eigenvalue weighted by Gasteiger charge is 2.31. The molecule has 0 aliphatic carbocycles. The quantitative estimate of drug-likeness (QED) is 0.486. The van der Waals surface area contributed by atoms with Crippen LogP contribution in [0, 0.1) is 6.92 Å². The maximum Gasteiger partial charge on any atom is 0.266 e. The van der Waals surface area contributed by atoms with Crippen molar-refractivity contribution >= 4 is 26.9 Å². The zero-order valence-electron chi connectivity index (χ0n) is 17.0. The van der Waals surface area contributed by atoms with Gasteiger partial charge in [-0.1, -0.05) is 30.3 Å². The van der Waals surface area contributed by atoms with Crippen LogP contribution in [0.5, 0.6) is 0 Å². The summed E-state index contributed by atoms with van der Waals surface area (Å²) in [7, 11) is -3.66. The predicted molar refractivity (Wildman–Crippen MR) is 117 cm³/mol. The molecular formula is C22H21N5O3S. The van der Waals surface area contributed by atoms with Crippen molar-refractivity contribution in [1.29, 1.82) is 0 Å². The molecule has 1 aliphatic heterocycles. The van der Waals surface area contributed by atoms with Crippen LogP contribution in [0.25, 0.3) is 22.4 Å². The lowest BCUT2D eigenvalue weighted by atomic mass is 10.2. The van der Waals surface area contributed by atoms with E-state index in [1.54, 1.807) is 18.3 Å². The average Bonchev–Trinajstić information content (AvgIpc) is 3.29. The lowest BCUT2D eigenvalue weighted by Gasteiger charge is -2.33. The Morgan fingerprint density at radius 3 is 2.52 bits per heavy atom. The van der Waals surface area contributed by atoms with E-state index in [4.69, 9.17) is 4.52 Å². The molecule has 2 aromatic carbocycles. The van der Waals surface area contributed by atoms with Gasteiger partial charge in [-0.05, 0) is 41.9 Å². The molecule has 9 heteroatoms. The van der Waals surface area contributed by atoms with E-state index in [0.29, 0.717) is 43.5 Å². The molecule has 0 bridgehead atoms. The predicted octanol–water partition coefficient (Wildman–Crippen LogP) is 3.10. The molecule has 3 heterocycles. The van der Waals surface area contributed by atoms with E-state index in [9.17, 15) is 8.42 Å². The Morgan fingerprint density at radius 1 is 0.968 bits per heavy atom. The molecule has 0 N–H and O–H groups in total. The summed E-state index contributed by atoms with van der Waals surface area (Å²) in [5.41, 5.74) is 2.34. The number of hydrogen-bond donors (Lipinski definition) is 0. The number of benzene rings is 2. The van der Waals surface area contributed by atoms with Crippen molar-refractivity contribution in [3.63, 3.8) is 0 Å². The number of pyridine rings is 1. The Bertz CT molecular complexity index is 1330. The summed E-state index contributed by atoms with van der Waals surface area (Å²) in [6.07, 6.45) is 1.69. The minimum atomic E-state index is -3.66. The van der Waals surface area contributed by atoms with Crippen molar-refractivity contribution in [2.75, 3.05) is 31.1 Å². The number of aromatic nitrogens is 3. The zero-order valence-corrected chi connectivity index (χ0v) is 17.8. The second-order valence-corrected chi connectivity index (χ2v) is 9.40. The van der Waals surface area contributed by atoms with Crippen molar-refractivity contribution < 1.29 is 12.9 Å². The first-order valence-corrected chi connectivity index (χ1v) is 11.5. The Morgan fingerprint density at radius 2 is 1.74 bits per heavy atom. The van der Waals surface area contributed by atoms with E-state index in [1.165, 1.54) is 4.31 Å². The van der Waals surface area contributed by atoms with Crippen molar-refractivity contribution in [1.82, 2.24) is 19.4 Å². The third-order valence-electron chi connectivity index (χ3n) is 5.39. The summed E-state index contributed by atoms with van der Waals surface area (Å²) in [6.45, 7) is 3.56. The number of piperazine rings is 1. The van der Waals surface area contributed by atoms with Crippen LogP contribution in [-0.4, -0.2) is 54.0 Å². The minimum Gasteiger partial charge on any atom is -0.336 e. The Hall–Kier alpha value is -3.30. The van der Waals surface area contributed by atoms with Crippen LogP contribution in [0.1, 0.15) is 5.56 Å². The van der Waals surface area contributed by atoms with Crippen LogP contribution in [0.4, 0.5) is 5.95 Å². The van der Waals surface area contributed by atoms with Gasteiger partial charge in [-0.15, -0.1) is 0 Å². The third kappa shape index (κ3) is 3.66. The van der Waals surface area contributed by atoms with Crippen molar-refractivity contribution in [3.05, 3.63) is 66.4 Å². The van der Waals surface area contributed by atoms with Gasteiger partial charge in [-0.25, -0.2) is 8.42 Å². The topological polar surface area (TPSA) is 92.4 Å².